The third-order valence-electron chi connectivity index (χ3n) is 2.66. The van der Waals surface area contributed by atoms with E-state index in [2.05, 4.69) is 19.0 Å². The van der Waals surface area contributed by atoms with Gasteiger partial charge < -0.3 is 11.1 Å². The van der Waals surface area contributed by atoms with Crippen molar-refractivity contribution in [2.24, 2.45) is 5.73 Å². The Morgan fingerprint density at radius 2 is 2.10 bits per heavy atom. The van der Waals surface area contributed by atoms with Gasteiger partial charge in [-0.25, -0.2) is 0 Å². The van der Waals surface area contributed by atoms with Crippen LogP contribution in [0.3, 0.4) is 0 Å². The summed E-state index contributed by atoms with van der Waals surface area (Å²) in [6.07, 6.45) is 1.64. The molecule has 2 aromatic heterocycles. The van der Waals surface area contributed by atoms with Gasteiger partial charge in [0.25, 0.3) is 0 Å². The molecule has 1 aromatic carbocycles. The van der Waals surface area contributed by atoms with Crippen molar-refractivity contribution in [3.8, 4) is 0 Å². The largest absolute Gasteiger partial charge is 0.388 e. The lowest BCUT2D eigenvalue weighted by Crippen LogP contribution is -2.11. The molecule has 0 unspecified atom stereocenters. The molecule has 5 nitrogen and oxygen atoms in total. The zero-order chi connectivity index (χ0) is 14.1. The Balaban J connectivity index is 1.98. The summed E-state index contributed by atoms with van der Waals surface area (Å²) >= 11 is 12.2. The van der Waals surface area contributed by atoms with Crippen molar-refractivity contribution in [2.45, 2.75) is 0 Å². The van der Waals surface area contributed by atoms with E-state index in [0.29, 0.717) is 16.4 Å². The number of halogens is 1. The fourth-order valence-electron chi connectivity index (χ4n) is 1.70. The van der Waals surface area contributed by atoms with E-state index in [0.717, 1.165) is 28.4 Å². The van der Waals surface area contributed by atoms with E-state index in [1.54, 1.807) is 18.3 Å². The number of hydrogen-bond acceptors (Lipinski definition) is 6. The molecule has 0 saturated carbocycles. The van der Waals surface area contributed by atoms with Gasteiger partial charge in [-0.3, -0.25) is 4.98 Å². The van der Waals surface area contributed by atoms with Crippen molar-refractivity contribution < 1.29 is 0 Å². The second kappa shape index (κ2) is 5.28. The third-order valence-corrected chi connectivity index (χ3v) is 3.73. The molecule has 8 heteroatoms. The molecular weight excluding hydrogens is 314 g/mol. The number of fused-ring (bicyclic) bond motifs is 1. The van der Waals surface area contributed by atoms with Crippen LogP contribution in [0.5, 0.6) is 0 Å². The van der Waals surface area contributed by atoms with Gasteiger partial charge in [-0.2, -0.15) is 8.75 Å². The van der Waals surface area contributed by atoms with Crippen LogP contribution in [0.15, 0.2) is 30.5 Å². The number of rotatable bonds is 3. The fraction of sp³-hybridized carbons (Fsp3) is 0. The van der Waals surface area contributed by atoms with E-state index in [4.69, 9.17) is 29.6 Å². The molecule has 0 aliphatic carbocycles. The Morgan fingerprint density at radius 1 is 1.25 bits per heavy atom. The first kappa shape index (κ1) is 13.2. The van der Waals surface area contributed by atoms with Crippen LogP contribution in [0.1, 0.15) is 5.69 Å². The Kier molecular flexibility index (Phi) is 3.47. The van der Waals surface area contributed by atoms with Crippen LogP contribution in [-0.2, 0) is 0 Å². The molecule has 0 spiro atoms. The van der Waals surface area contributed by atoms with Gasteiger partial charge in [0, 0.05) is 0 Å². The van der Waals surface area contributed by atoms with Crippen LogP contribution in [0.2, 0.25) is 5.02 Å². The molecule has 0 amide bonds. The summed E-state index contributed by atoms with van der Waals surface area (Å²) in [4.78, 5) is 4.43. The van der Waals surface area contributed by atoms with Crippen molar-refractivity contribution in [1.82, 2.24) is 13.7 Å². The Labute approximate surface area is 129 Å². The minimum atomic E-state index is 0.264. The van der Waals surface area contributed by atoms with Gasteiger partial charge in [0.15, 0.2) is 0 Å². The van der Waals surface area contributed by atoms with Gasteiger partial charge in [-0.05, 0) is 24.3 Å². The molecule has 0 atom stereocenters. The van der Waals surface area contributed by atoms with Crippen molar-refractivity contribution in [2.75, 3.05) is 5.32 Å². The topological polar surface area (TPSA) is 76.7 Å². The normalized spacial score (nSPS) is 10.7. The maximum Gasteiger partial charge on any atom is 0.129 e. The smallest absolute Gasteiger partial charge is 0.129 e. The molecule has 100 valence electrons. The zero-order valence-electron chi connectivity index (χ0n) is 10.0. The van der Waals surface area contributed by atoms with Gasteiger partial charge in [0.1, 0.15) is 16.0 Å². The summed E-state index contributed by atoms with van der Waals surface area (Å²) in [5, 5.41) is 3.77. The maximum absolute atomic E-state index is 6.20. The molecule has 0 radical (unpaired) electrons. The molecule has 20 heavy (non-hydrogen) atoms. The summed E-state index contributed by atoms with van der Waals surface area (Å²) in [6, 6.07) is 7.19. The van der Waals surface area contributed by atoms with Crippen LogP contribution < -0.4 is 11.1 Å². The molecule has 3 rings (SSSR count). The van der Waals surface area contributed by atoms with E-state index < -0.39 is 0 Å². The average molecular weight is 322 g/mol. The van der Waals surface area contributed by atoms with E-state index in [1.165, 1.54) is 0 Å². The molecular formula is C12H8ClN5S2. The monoisotopic (exact) mass is 321 g/mol. The first-order valence-electron chi connectivity index (χ1n) is 5.59. The second-order valence-corrected chi connectivity index (χ2v) is 5.35. The predicted molar refractivity (Wildman–Crippen MR) is 85.8 cm³/mol. The van der Waals surface area contributed by atoms with E-state index in [-0.39, 0.29) is 4.99 Å². The Morgan fingerprint density at radius 3 is 2.80 bits per heavy atom. The van der Waals surface area contributed by atoms with Crippen LogP contribution >= 0.6 is 35.5 Å². The maximum atomic E-state index is 6.20. The third kappa shape index (κ3) is 2.43. The number of hydrogen-bond donors (Lipinski definition) is 2. The summed E-state index contributed by atoms with van der Waals surface area (Å²) < 4.78 is 8.43. The highest BCUT2D eigenvalue weighted by Crippen LogP contribution is 2.32. The number of nitrogens with zero attached hydrogens (tertiary/aromatic N) is 3. The van der Waals surface area contributed by atoms with Crippen molar-refractivity contribution in [3.05, 3.63) is 41.2 Å². The SMILES string of the molecule is NC(=S)c1ccc(Nc2c(Cl)ccc3nsnc23)cn1. The number of aromatic nitrogens is 3. The molecule has 2 heterocycles. The van der Waals surface area contributed by atoms with Crippen molar-refractivity contribution >= 4 is 62.9 Å². The minimum absolute atomic E-state index is 0.264. The average Bonchev–Trinajstić information content (AvgIpc) is 2.91. The van der Waals surface area contributed by atoms with Crippen LogP contribution in [-0.4, -0.2) is 18.7 Å². The molecule has 0 aliphatic rings. The Bertz CT molecular complexity index is 784. The van der Waals surface area contributed by atoms with Crippen LogP contribution in [0, 0.1) is 0 Å². The molecule has 0 bridgehead atoms. The lowest BCUT2D eigenvalue weighted by molar-refractivity contribution is 1.29. The number of nitrogens with one attached hydrogen (secondary N) is 1. The lowest BCUT2D eigenvalue weighted by atomic mass is 10.2. The summed E-state index contributed by atoms with van der Waals surface area (Å²) in [5.74, 6) is 0. The van der Waals surface area contributed by atoms with Gasteiger partial charge in [0.2, 0.25) is 0 Å². The van der Waals surface area contributed by atoms with Gasteiger partial charge in [-0.15, -0.1) is 0 Å². The first-order valence-corrected chi connectivity index (χ1v) is 7.10. The Hall–Kier alpha value is -1.83. The summed E-state index contributed by atoms with van der Waals surface area (Å²) in [6.45, 7) is 0. The summed E-state index contributed by atoms with van der Waals surface area (Å²) in [7, 11) is 0. The number of nitrogens with two attached hydrogens (primary N) is 1. The molecule has 0 saturated heterocycles. The fourth-order valence-corrected chi connectivity index (χ4v) is 2.57. The molecule has 3 aromatic rings. The number of pyridine rings is 1. The standard InChI is InChI=1S/C12H8ClN5S2/c13-7-2-4-8-11(18-20-17-8)10(7)16-6-1-3-9(12(14)19)15-5-6/h1-5,16H,(H2,14,19). The first-order chi connectivity index (χ1) is 9.65. The molecule has 0 aliphatic heterocycles. The minimum Gasteiger partial charge on any atom is -0.388 e. The van der Waals surface area contributed by atoms with Gasteiger partial charge in [-0.1, -0.05) is 23.8 Å². The van der Waals surface area contributed by atoms with E-state index >= 15 is 0 Å². The highest BCUT2D eigenvalue weighted by molar-refractivity contribution is 7.80. The summed E-state index contributed by atoms with van der Waals surface area (Å²) in [5.41, 5.74) is 9.10. The molecule has 3 N–H and O–H groups in total. The highest BCUT2D eigenvalue weighted by atomic mass is 35.5. The highest BCUT2D eigenvalue weighted by Gasteiger charge is 2.10. The number of anilines is 2. The van der Waals surface area contributed by atoms with Crippen LogP contribution in [0.4, 0.5) is 11.4 Å². The lowest BCUT2D eigenvalue weighted by Gasteiger charge is -2.08. The predicted octanol–water partition coefficient (Wildman–Crippen LogP) is 3.12. The van der Waals surface area contributed by atoms with E-state index in [9.17, 15) is 0 Å². The van der Waals surface area contributed by atoms with Crippen LogP contribution in [0.25, 0.3) is 11.0 Å². The van der Waals surface area contributed by atoms with Crippen molar-refractivity contribution in [1.29, 1.82) is 0 Å². The van der Waals surface area contributed by atoms with Crippen molar-refractivity contribution in [3.63, 3.8) is 0 Å². The quantitative estimate of drug-likeness (QED) is 0.722. The zero-order valence-corrected chi connectivity index (χ0v) is 12.4. The molecule has 0 fully saturated rings. The van der Waals surface area contributed by atoms with Gasteiger partial charge >= 0.3 is 0 Å². The second-order valence-electron chi connectivity index (χ2n) is 3.98. The number of benzene rings is 1. The van der Waals surface area contributed by atoms with Gasteiger partial charge in [0.05, 0.1) is 40.0 Å². The van der Waals surface area contributed by atoms with E-state index in [1.807, 2.05) is 12.1 Å². The number of thiocarbonyl (C=S) groups is 1.